The number of carboxylic acids is 1. The van der Waals surface area contributed by atoms with E-state index in [1.807, 2.05) is 24.3 Å². The topological polar surface area (TPSA) is 110 Å². The molecule has 2 aliphatic rings. The first-order valence-electron chi connectivity index (χ1n) is 12.5. The van der Waals surface area contributed by atoms with Crippen molar-refractivity contribution < 1.29 is 32.6 Å². The minimum Gasteiger partial charge on any atom is -0.493 e. The molecule has 1 aliphatic carbocycles. The van der Waals surface area contributed by atoms with Gasteiger partial charge in [-0.05, 0) is 68.7 Å². The summed E-state index contributed by atoms with van der Waals surface area (Å²) in [5.74, 6) is -0.668. The molecule has 4 rings (SSSR count). The van der Waals surface area contributed by atoms with Crippen LogP contribution in [0.4, 0.5) is 5.69 Å². The Morgan fingerprint density at radius 2 is 1.83 bits per heavy atom. The standard InChI is InChI=1S/C27H33NO7S/c1-34-24-14-12-21(17-25(24)35-20-9-3-4-10-20)36(32,33)22(18-27(30)31)13-15-26(29)28-16-6-8-19-7-2-5-11-23(19)28/h2,5,7,11-12,14,17,20,22H,3-4,6,8-10,13,15-16,18H2,1H3,(H,30,31). The van der Waals surface area contributed by atoms with Gasteiger partial charge in [0.15, 0.2) is 21.3 Å². The van der Waals surface area contributed by atoms with E-state index in [1.54, 1.807) is 4.90 Å². The first-order chi connectivity index (χ1) is 17.3. The molecule has 1 heterocycles. The number of methoxy groups -OCH3 is 1. The monoisotopic (exact) mass is 515 g/mol. The van der Waals surface area contributed by atoms with Crippen molar-refractivity contribution in [2.24, 2.45) is 0 Å². The number of aryl methyl sites for hydroxylation is 1. The summed E-state index contributed by atoms with van der Waals surface area (Å²) in [6.45, 7) is 0.562. The number of fused-ring (bicyclic) bond motifs is 1. The zero-order valence-corrected chi connectivity index (χ0v) is 21.3. The molecule has 2 aromatic rings. The number of hydrogen-bond acceptors (Lipinski definition) is 6. The predicted molar refractivity (Wildman–Crippen MR) is 135 cm³/mol. The number of nitrogens with zero attached hydrogens (tertiary/aromatic N) is 1. The fourth-order valence-electron chi connectivity index (χ4n) is 5.08. The second kappa shape index (κ2) is 11.3. The van der Waals surface area contributed by atoms with E-state index in [4.69, 9.17) is 9.47 Å². The van der Waals surface area contributed by atoms with Crippen LogP contribution in [0.25, 0.3) is 0 Å². The van der Waals surface area contributed by atoms with Crippen molar-refractivity contribution in [2.45, 2.75) is 74.0 Å². The molecule has 1 fully saturated rings. The molecular weight excluding hydrogens is 482 g/mol. The SMILES string of the molecule is COc1ccc(S(=O)(=O)C(CCC(=O)N2CCCc3ccccc32)CC(=O)O)cc1OC1CCCC1. The Kier molecular flexibility index (Phi) is 8.18. The molecule has 0 radical (unpaired) electrons. The second-order valence-electron chi connectivity index (χ2n) is 9.42. The maximum atomic E-state index is 13.6. The Morgan fingerprint density at radius 1 is 1.08 bits per heavy atom. The van der Waals surface area contributed by atoms with Crippen LogP contribution in [0.3, 0.4) is 0 Å². The van der Waals surface area contributed by atoms with Gasteiger partial charge in [-0.2, -0.15) is 0 Å². The van der Waals surface area contributed by atoms with Gasteiger partial charge in [0.1, 0.15) is 0 Å². The number of aliphatic carboxylic acids is 1. The van der Waals surface area contributed by atoms with Crippen LogP contribution in [0.5, 0.6) is 11.5 Å². The van der Waals surface area contributed by atoms with Gasteiger partial charge in [0.25, 0.3) is 0 Å². The van der Waals surface area contributed by atoms with E-state index in [0.717, 1.165) is 49.8 Å². The van der Waals surface area contributed by atoms with Crippen LogP contribution in [0, 0.1) is 0 Å². The average Bonchev–Trinajstić information content (AvgIpc) is 3.38. The average molecular weight is 516 g/mol. The third kappa shape index (κ3) is 5.83. The summed E-state index contributed by atoms with van der Waals surface area (Å²) in [7, 11) is -2.56. The highest BCUT2D eigenvalue weighted by Gasteiger charge is 2.33. The van der Waals surface area contributed by atoms with Crippen molar-refractivity contribution in [3.05, 3.63) is 48.0 Å². The lowest BCUT2D eigenvalue weighted by molar-refractivity contribution is -0.137. The van der Waals surface area contributed by atoms with Crippen molar-refractivity contribution in [3.8, 4) is 11.5 Å². The largest absolute Gasteiger partial charge is 0.493 e. The molecule has 36 heavy (non-hydrogen) atoms. The maximum Gasteiger partial charge on any atom is 0.304 e. The molecule has 2 aromatic carbocycles. The molecular formula is C27H33NO7S. The molecule has 0 saturated heterocycles. The molecule has 1 unspecified atom stereocenters. The number of ether oxygens (including phenoxy) is 2. The highest BCUT2D eigenvalue weighted by Crippen LogP contribution is 2.35. The quantitative estimate of drug-likeness (QED) is 0.500. The lowest BCUT2D eigenvalue weighted by atomic mass is 10.0. The molecule has 0 spiro atoms. The van der Waals surface area contributed by atoms with Gasteiger partial charge in [0.2, 0.25) is 5.91 Å². The van der Waals surface area contributed by atoms with E-state index < -0.39 is 27.5 Å². The van der Waals surface area contributed by atoms with E-state index in [0.29, 0.717) is 18.0 Å². The van der Waals surface area contributed by atoms with Crippen molar-refractivity contribution in [1.29, 1.82) is 0 Å². The Morgan fingerprint density at radius 3 is 2.56 bits per heavy atom. The molecule has 1 amide bonds. The fourth-order valence-corrected chi connectivity index (χ4v) is 6.78. The molecule has 1 saturated carbocycles. The number of anilines is 1. The molecule has 194 valence electrons. The number of para-hydroxylation sites is 1. The smallest absolute Gasteiger partial charge is 0.304 e. The van der Waals surface area contributed by atoms with Crippen LogP contribution >= 0.6 is 0 Å². The van der Waals surface area contributed by atoms with E-state index in [2.05, 4.69) is 0 Å². The van der Waals surface area contributed by atoms with Crippen LogP contribution in [0.1, 0.15) is 56.9 Å². The Balaban J connectivity index is 1.54. The highest BCUT2D eigenvalue weighted by atomic mass is 32.2. The minimum absolute atomic E-state index is 0.00304. The van der Waals surface area contributed by atoms with Gasteiger partial charge >= 0.3 is 5.97 Å². The van der Waals surface area contributed by atoms with Gasteiger partial charge in [-0.1, -0.05) is 18.2 Å². The molecule has 1 atom stereocenters. The second-order valence-corrected chi connectivity index (χ2v) is 11.6. The first kappa shape index (κ1) is 26.0. The van der Waals surface area contributed by atoms with Gasteiger partial charge in [0.05, 0.1) is 29.8 Å². The Bertz CT molecular complexity index is 1200. The third-order valence-corrected chi connectivity index (χ3v) is 9.18. The van der Waals surface area contributed by atoms with Crippen LogP contribution < -0.4 is 14.4 Å². The van der Waals surface area contributed by atoms with Gasteiger partial charge < -0.3 is 19.5 Å². The van der Waals surface area contributed by atoms with Crippen molar-refractivity contribution >= 4 is 27.4 Å². The number of amides is 1. The summed E-state index contributed by atoms with van der Waals surface area (Å²) in [5.41, 5.74) is 1.93. The first-order valence-corrected chi connectivity index (χ1v) is 14.0. The van der Waals surface area contributed by atoms with Crippen LogP contribution in [0.2, 0.25) is 0 Å². The van der Waals surface area contributed by atoms with Crippen molar-refractivity contribution in [2.75, 3.05) is 18.6 Å². The summed E-state index contributed by atoms with van der Waals surface area (Å²) >= 11 is 0. The van der Waals surface area contributed by atoms with E-state index in [1.165, 1.54) is 25.3 Å². The summed E-state index contributed by atoms with van der Waals surface area (Å²) in [6.07, 6.45) is 4.88. The predicted octanol–water partition coefficient (Wildman–Crippen LogP) is 4.39. The van der Waals surface area contributed by atoms with E-state index in [9.17, 15) is 23.1 Å². The van der Waals surface area contributed by atoms with Crippen LogP contribution in [-0.2, 0) is 25.8 Å². The maximum absolute atomic E-state index is 13.6. The number of hydrogen-bond donors (Lipinski definition) is 1. The molecule has 1 N–H and O–H groups in total. The number of rotatable bonds is 10. The molecule has 9 heteroatoms. The van der Waals surface area contributed by atoms with E-state index >= 15 is 0 Å². The van der Waals surface area contributed by atoms with Gasteiger partial charge in [0, 0.05) is 24.7 Å². The van der Waals surface area contributed by atoms with Gasteiger partial charge in [-0.25, -0.2) is 8.42 Å². The molecule has 1 aliphatic heterocycles. The van der Waals surface area contributed by atoms with Crippen LogP contribution in [-0.4, -0.2) is 50.4 Å². The lowest BCUT2D eigenvalue weighted by Gasteiger charge is -2.30. The Labute approximate surface area is 212 Å². The number of carbonyl (C=O) groups excluding carboxylic acids is 1. The van der Waals surface area contributed by atoms with Crippen molar-refractivity contribution in [1.82, 2.24) is 0 Å². The summed E-state index contributed by atoms with van der Waals surface area (Å²) in [4.78, 5) is 26.3. The van der Waals surface area contributed by atoms with E-state index in [-0.39, 0.29) is 29.7 Å². The minimum atomic E-state index is -4.05. The summed E-state index contributed by atoms with van der Waals surface area (Å²) < 4.78 is 38.5. The van der Waals surface area contributed by atoms with Gasteiger partial charge in [-0.3, -0.25) is 9.59 Å². The third-order valence-electron chi connectivity index (χ3n) is 6.99. The zero-order valence-electron chi connectivity index (χ0n) is 20.5. The summed E-state index contributed by atoms with van der Waals surface area (Å²) in [6, 6.07) is 12.0. The normalized spacial score (nSPS) is 16.9. The molecule has 0 bridgehead atoms. The van der Waals surface area contributed by atoms with Crippen molar-refractivity contribution in [3.63, 3.8) is 0 Å². The number of carboxylic acid groups (broad SMARTS) is 1. The number of sulfone groups is 1. The zero-order chi connectivity index (χ0) is 25.7. The molecule has 0 aromatic heterocycles. The summed E-state index contributed by atoms with van der Waals surface area (Å²) in [5, 5.41) is 8.22. The molecule has 8 nitrogen and oxygen atoms in total. The van der Waals surface area contributed by atoms with Crippen LogP contribution in [0.15, 0.2) is 47.4 Å². The lowest BCUT2D eigenvalue weighted by Crippen LogP contribution is -2.36. The Hall–Kier alpha value is -3.07. The number of carbonyl (C=O) groups is 2. The van der Waals surface area contributed by atoms with Gasteiger partial charge in [-0.15, -0.1) is 0 Å². The highest BCUT2D eigenvalue weighted by molar-refractivity contribution is 7.92. The fraction of sp³-hybridized carbons (Fsp3) is 0.481. The number of benzene rings is 2.